The maximum Gasteiger partial charge on any atom is 0.414 e. The third-order valence-corrected chi connectivity index (χ3v) is 6.59. The fraction of sp³-hybridized carbons (Fsp3) is 0.519. The highest BCUT2D eigenvalue weighted by molar-refractivity contribution is 6.05. The van der Waals surface area contributed by atoms with Crippen LogP contribution in [0.25, 0.3) is 5.57 Å². The van der Waals surface area contributed by atoms with Crippen molar-refractivity contribution in [2.75, 3.05) is 22.9 Å². The topological polar surface area (TPSA) is 117 Å². The molecule has 0 saturated heterocycles. The number of primary amides is 1. The van der Waals surface area contributed by atoms with Gasteiger partial charge in [-0.3, -0.25) is 14.5 Å². The van der Waals surface area contributed by atoms with Gasteiger partial charge in [0, 0.05) is 36.7 Å². The predicted octanol–water partition coefficient (Wildman–Crippen LogP) is 3.60. The first-order valence-electron chi connectivity index (χ1n) is 12.9. The number of nitrogens with one attached hydrogen (secondary N) is 2. The van der Waals surface area contributed by atoms with Crippen molar-refractivity contribution < 1.29 is 19.1 Å². The van der Waals surface area contributed by atoms with Crippen LogP contribution in [-0.4, -0.2) is 43.1 Å². The zero-order valence-electron chi connectivity index (χ0n) is 21.4. The SMILES string of the molecule is CC(C)OC(=O)N1C[C@H](C)N(C(=O)C2CC2)c2ccc(C3=C(NNCCC(N)=O)CCCC=C3)cc21. The molecule has 4 N–H and O–H groups in total. The molecule has 0 radical (unpaired) electrons. The maximum atomic E-state index is 13.2. The summed E-state index contributed by atoms with van der Waals surface area (Å²) in [4.78, 5) is 40.9. The Balaban J connectivity index is 1.72. The molecule has 9 heteroatoms. The lowest BCUT2D eigenvalue weighted by Gasteiger charge is -2.41. The smallest absolute Gasteiger partial charge is 0.414 e. The summed E-state index contributed by atoms with van der Waals surface area (Å²) in [5.74, 6) is -0.159. The maximum absolute atomic E-state index is 13.2. The van der Waals surface area contributed by atoms with E-state index in [1.165, 1.54) is 0 Å². The third-order valence-electron chi connectivity index (χ3n) is 6.59. The van der Waals surface area contributed by atoms with Gasteiger partial charge in [-0.25, -0.2) is 10.2 Å². The molecule has 1 fully saturated rings. The second-order valence-corrected chi connectivity index (χ2v) is 10.0. The van der Waals surface area contributed by atoms with Crippen molar-refractivity contribution in [3.63, 3.8) is 0 Å². The monoisotopic (exact) mass is 495 g/mol. The molecule has 1 atom stereocenters. The molecule has 4 rings (SSSR count). The summed E-state index contributed by atoms with van der Waals surface area (Å²) < 4.78 is 5.56. The molecule has 2 aliphatic carbocycles. The van der Waals surface area contributed by atoms with E-state index in [0.29, 0.717) is 18.8 Å². The van der Waals surface area contributed by atoms with E-state index in [9.17, 15) is 14.4 Å². The fourth-order valence-corrected chi connectivity index (χ4v) is 4.68. The summed E-state index contributed by atoms with van der Waals surface area (Å²) in [6.45, 7) is 6.43. The number of carbonyl (C=O) groups excluding carboxylic acids is 3. The zero-order chi connectivity index (χ0) is 25.8. The number of allylic oxidation sites excluding steroid dienone is 4. The number of hydrazine groups is 1. The van der Waals surface area contributed by atoms with Gasteiger partial charge in [0.25, 0.3) is 0 Å². The molecule has 9 nitrogen and oxygen atoms in total. The lowest BCUT2D eigenvalue weighted by molar-refractivity contribution is -0.120. The minimum Gasteiger partial charge on any atom is -0.446 e. The summed E-state index contributed by atoms with van der Waals surface area (Å²) in [5, 5.41) is 0. The van der Waals surface area contributed by atoms with Gasteiger partial charge in [-0.1, -0.05) is 18.2 Å². The minimum absolute atomic E-state index is 0.0731. The van der Waals surface area contributed by atoms with Gasteiger partial charge in [0.2, 0.25) is 11.8 Å². The number of benzene rings is 1. The Hall–Kier alpha value is -3.33. The number of hydrogen-bond acceptors (Lipinski definition) is 6. The first-order valence-corrected chi connectivity index (χ1v) is 12.9. The van der Waals surface area contributed by atoms with Crippen LogP contribution in [0.15, 0.2) is 36.0 Å². The largest absolute Gasteiger partial charge is 0.446 e. The quantitative estimate of drug-likeness (QED) is 0.375. The number of fused-ring (bicyclic) bond motifs is 1. The molecule has 0 unspecified atom stereocenters. The molecule has 1 aliphatic heterocycles. The highest BCUT2D eigenvalue weighted by Crippen LogP contribution is 2.42. The molecule has 194 valence electrons. The van der Waals surface area contributed by atoms with E-state index in [2.05, 4.69) is 23.0 Å². The Morgan fingerprint density at radius 1 is 1.19 bits per heavy atom. The molecule has 1 saturated carbocycles. The molecular weight excluding hydrogens is 458 g/mol. The van der Waals surface area contributed by atoms with Crippen LogP contribution in [0.4, 0.5) is 16.2 Å². The number of nitrogens with zero attached hydrogens (tertiary/aromatic N) is 2. The number of nitrogens with two attached hydrogens (primary N) is 1. The van der Waals surface area contributed by atoms with Crippen LogP contribution in [0.1, 0.15) is 64.9 Å². The van der Waals surface area contributed by atoms with E-state index < -0.39 is 6.09 Å². The van der Waals surface area contributed by atoms with Crippen molar-refractivity contribution in [1.29, 1.82) is 0 Å². The lowest BCUT2D eigenvalue weighted by atomic mass is 9.98. The number of amides is 3. The Morgan fingerprint density at radius 3 is 2.67 bits per heavy atom. The van der Waals surface area contributed by atoms with E-state index in [1.54, 1.807) is 4.90 Å². The standard InChI is InChI=1S/C27H37N5O4/c1-17(2)36-27(35)31-16-18(3)32(26(34)19-9-10-19)23-12-11-20(15-24(23)31)21-7-5-4-6-8-22(21)30-29-14-13-25(28)33/h5,7,11-12,15,17-19,29-30H,4,6,8-10,13-14,16H2,1-3H3,(H2,28,33)/t18-/m0/s1. The number of rotatable bonds is 8. The molecule has 1 aromatic rings. The summed E-state index contributed by atoms with van der Waals surface area (Å²) in [6, 6.07) is 5.78. The van der Waals surface area contributed by atoms with Gasteiger partial charge in [0.15, 0.2) is 0 Å². The van der Waals surface area contributed by atoms with Crippen LogP contribution in [0.5, 0.6) is 0 Å². The molecular formula is C27H37N5O4. The van der Waals surface area contributed by atoms with Gasteiger partial charge in [0.05, 0.1) is 23.5 Å². The number of hydrogen-bond donors (Lipinski definition) is 3. The molecule has 0 spiro atoms. The summed E-state index contributed by atoms with van der Waals surface area (Å²) in [6.07, 6.45) is 8.41. The van der Waals surface area contributed by atoms with Crippen molar-refractivity contribution in [2.45, 2.75) is 71.4 Å². The van der Waals surface area contributed by atoms with Crippen LogP contribution in [-0.2, 0) is 14.3 Å². The van der Waals surface area contributed by atoms with E-state index in [1.807, 2.05) is 43.9 Å². The Kier molecular flexibility index (Phi) is 7.98. The first-order chi connectivity index (χ1) is 17.3. The van der Waals surface area contributed by atoms with Crippen molar-refractivity contribution >= 4 is 34.9 Å². The van der Waals surface area contributed by atoms with E-state index in [4.69, 9.17) is 10.5 Å². The van der Waals surface area contributed by atoms with Gasteiger partial charge in [-0.2, -0.15) is 0 Å². The van der Waals surface area contributed by atoms with Gasteiger partial charge in [-0.15, -0.1) is 0 Å². The molecule has 1 aromatic carbocycles. The predicted molar refractivity (Wildman–Crippen MR) is 140 cm³/mol. The second-order valence-electron chi connectivity index (χ2n) is 10.0. The average molecular weight is 496 g/mol. The van der Waals surface area contributed by atoms with Crippen molar-refractivity contribution in [1.82, 2.24) is 10.9 Å². The Labute approximate surface area is 212 Å². The van der Waals surface area contributed by atoms with E-state index in [0.717, 1.165) is 54.6 Å². The number of anilines is 2. The number of carbonyl (C=O) groups is 3. The normalized spacial score (nSPS) is 19.7. The van der Waals surface area contributed by atoms with Gasteiger partial charge in [0.1, 0.15) is 0 Å². The van der Waals surface area contributed by atoms with Gasteiger partial charge < -0.3 is 20.8 Å². The highest BCUT2D eigenvalue weighted by Gasteiger charge is 2.41. The second kappa shape index (κ2) is 11.2. The Morgan fingerprint density at radius 2 is 1.97 bits per heavy atom. The molecule has 0 aromatic heterocycles. The minimum atomic E-state index is -0.411. The van der Waals surface area contributed by atoms with Crippen molar-refractivity contribution in [2.24, 2.45) is 11.7 Å². The molecule has 3 aliphatic rings. The molecule has 0 bridgehead atoms. The van der Waals surface area contributed by atoms with Crippen LogP contribution in [0.2, 0.25) is 0 Å². The van der Waals surface area contributed by atoms with Crippen LogP contribution in [0, 0.1) is 5.92 Å². The van der Waals surface area contributed by atoms with Gasteiger partial charge in [-0.05, 0) is 70.6 Å². The molecule has 1 heterocycles. The van der Waals surface area contributed by atoms with Crippen LogP contribution >= 0.6 is 0 Å². The third kappa shape index (κ3) is 5.90. The molecule has 3 amide bonds. The number of ether oxygens (including phenoxy) is 1. The Bertz CT molecular complexity index is 1080. The zero-order valence-corrected chi connectivity index (χ0v) is 21.4. The van der Waals surface area contributed by atoms with Gasteiger partial charge >= 0.3 is 6.09 Å². The molecule has 36 heavy (non-hydrogen) atoms. The van der Waals surface area contributed by atoms with Crippen LogP contribution < -0.4 is 26.4 Å². The summed E-state index contributed by atoms with van der Waals surface area (Å²) >= 11 is 0. The fourth-order valence-electron chi connectivity index (χ4n) is 4.68. The first kappa shape index (κ1) is 25.8. The van der Waals surface area contributed by atoms with E-state index >= 15 is 0 Å². The summed E-state index contributed by atoms with van der Waals surface area (Å²) in [7, 11) is 0. The van der Waals surface area contributed by atoms with Crippen molar-refractivity contribution in [3.05, 3.63) is 41.6 Å². The summed E-state index contributed by atoms with van der Waals surface area (Å²) in [5.41, 5.74) is 16.0. The van der Waals surface area contributed by atoms with Crippen LogP contribution in [0.3, 0.4) is 0 Å². The van der Waals surface area contributed by atoms with Crippen molar-refractivity contribution in [3.8, 4) is 0 Å². The lowest BCUT2D eigenvalue weighted by Crippen LogP contribution is -2.52. The highest BCUT2D eigenvalue weighted by atomic mass is 16.6. The average Bonchev–Trinajstić information content (AvgIpc) is 3.68. The van der Waals surface area contributed by atoms with E-state index in [-0.39, 0.29) is 36.3 Å².